The zero-order valence-electron chi connectivity index (χ0n) is 13.2. The van der Waals surface area contributed by atoms with Gasteiger partial charge in [-0.1, -0.05) is 36.4 Å². The normalized spacial score (nSPS) is 16.1. The zero-order valence-corrected chi connectivity index (χ0v) is 14.0. The maximum absolute atomic E-state index is 4.55. The van der Waals surface area contributed by atoms with E-state index < -0.39 is 0 Å². The second-order valence-electron chi connectivity index (χ2n) is 6.04. The van der Waals surface area contributed by atoms with E-state index in [2.05, 4.69) is 63.3 Å². The van der Waals surface area contributed by atoms with Gasteiger partial charge in [-0.15, -0.1) is 11.3 Å². The fraction of sp³-hybridized carbons (Fsp3) is 0.316. The summed E-state index contributed by atoms with van der Waals surface area (Å²) in [5.74, 6) is 0. The van der Waals surface area contributed by atoms with Crippen LogP contribution in [-0.2, 0) is 6.42 Å². The van der Waals surface area contributed by atoms with Crippen molar-refractivity contribution in [2.45, 2.75) is 6.42 Å². The van der Waals surface area contributed by atoms with Gasteiger partial charge in [0, 0.05) is 32.7 Å². The van der Waals surface area contributed by atoms with Crippen LogP contribution in [0.1, 0.15) is 5.56 Å². The van der Waals surface area contributed by atoms with Crippen LogP contribution in [0.25, 0.3) is 10.2 Å². The molecule has 0 spiro atoms. The number of nitrogens with zero attached hydrogens (tertiary/aromatic N) is 3. The number of aromatic nitrogens is 1. The van der Waals surface area contributed by atoms with Gasteiger partial charge in [0.25, 0.3) is 0 Å². The Morgan fingerprint density at radius 1 is 0.913 bits per heavy atom. The number of piperazine rings is 1. The Hall–Kier alpha value is -1.91. The molecule has 2 aromatic carbocycles. The van der Waals surface area contributed by atoms with Gasteiger partial charge < -0.3 is 4.90 Å². The summed E-state index contributed by atoms with van der Waals surface area (Å²) in [4.78, 5) is 9.61. The van der Waals surface area contributed by atoms with Crippen LogP contribution < -0.4 is 4.90 Å². The van der Waals surface area contributed by atoms with Gasteiger partial charge in [-0.2, -0.15) is 0 Å². The average Bonchev–Trinajstić information content (AvgIpc) is 3.10. The van der Waals surface area contributed by atoms with Gasteiger partial charge >= 0.3 is 0 Å². The van der Waals surface area contributed by atoms with Crippen LogP contribution >= 0.6 is 11.3 Å². The molecule has 0 saturated carbocycles. The lowest BCUT2D eigenvalue weighted by molar-refractivity contribution is 0.261. The molecule has 0 aliphatic carbocycles. The number of anilines is 1. The van der Waals surface area contributed by atoms with Crippen LogP contribution in [-0.4, -0.2) is 42.6 Å². The van der Waals surface area contributed by atoms with E-state index in [0.29, 0.717) is 0 Å². The highest BCUT2D eigenvalue weighted by Crippen LogP contribution is 2.28. The van der Waals surface area contributed by atoms with E-state index in [1.54, 1.807) is 11.3 Å². The zero-order chi connectivity index (χ0) is 15.5. The summed E-state index contributed by atoms with van der Waals surface area (Å²) in [5, 5.41) is 0. The van der Waals surface area contributed by atoms with E-state index in [4.69, 9.17) is 0 Å². The molecule has 0 amide bonds. The average molecular weight is 323 g/mol. The Bertz CT molecular complexity index is 760. The van der Waals surface area contributed by atoms with Gasteiger partial charge in [-0.25, -0.2) is 4.98 Å². The Labute approximate surface area is 141 Å². The molecule has 4 heteroatoms. The standard InChI is InChI=1S/C19H21N3S/c1-2-5-16(6-3-1)9-10-21-11-13-22(14-12-21)17-7-4-8-18-19(17)20-15-23-18/h1-8,15H,9-14H2. The number of benzene rings is 2. The Morgan fingerprint density at radius 3 is 2.57 bits per heavy atom. The largest absolute Gasteiger partial charge is 0.367 e. The van der Waals surface area contributed by atoms with Crippen molar-refractivity contribution in [2.24, 2.45) is 0 Å². The van der Waals surface area contributed by atoms with Gasteiger partial charge in [-0.05, 0) is 24.1 Å². The first kappa shape index (κ1) is 14.7. The molecule has 0 radical (unpaired) electrons. The van der Waals surface area contributed by atoms with Crippen molar-refractivity contribution in [3.8, 4) is 0 Å². The summed E-state index contributed by atoms with van der Waals surface area (Å²) in [6.07, 6.45) is 1.14. The lowest BCUT2D eigenvalue weighted by atomic mass is 10.1. The highest BCUT2D eigenvalue weighted by molar-refractivity contribution is 7.16. The molecule has 1 aromatic heterocycles. The van der Waals surface area contributed by atoms with Crippen LogP contribution in [0.4, 0.5) is 5.69 Å². The minimum Gasteiger partial charge on any atom is -0.367 e. The maximum atomic E-state index is 4.55. The van der Waals surface area contributed by atoms with Crippen molar-refractivity contribution in [2.75, 3.05) is 37.6 Å². The van der Waals surface area contributed by atoms with E-state index in [0.717, 1.165) is 44.7 Å². The first-order valence-electron chi connectivity index (χ1n) is 8.23. The third-order valence-corrected chi connectivity index (χ3v) is 5.41. The maximum Gasteiger partial charge on any atom is 0.104 e. The molecule has 1 aliphatic heterocycles. The van der Waals surface area contributed by atoms with E-state index in [1.165, 1.54) is 16.0 Å². The molecule has 2 heterocycles. The van der Waals surface area contributed by atoms with Crippen molar-refractivity contribution in [1.29, 1.82) is 0 Å². The number of hydrogen-bond acceptors (Lipinski definition) is 4. The first-order chi connectivity index (χ1) is 11.4. The monoisotopic (exact) mass is 323 g/mol. The highest BCUT2D eigenvalue weighted by atomic mass is 32.1. The van der Waals surface area contributed by atoms with Gasteiger partial charge in [0.15, 0.2) is 0 Å². The molecule has 0 atom stereocenters. The predicted molar refractivity (Wildman–Crippen MR) is 98.4 cm³/mol. The Kier molecular flexibility index (Phi) is 4.26. The fourth-order valence-corrected chi connectivity index (χ4v) is 3.97. The highest BCUT2D eigenvalue weighted by Gasteiger charge is 2.19. The molecule has 1 aliphatic rings. The van der Waals surface area contributed by atoms with Crippen molar-refractivity contribution < 1.29 is 0 Å². The molecule has 0 N–H and O–H groups in total. The van der Waals surface area contributed by atoms with Crippen molar-refractivity contribution in [3.63, 3.8) is 0 Å². The second-order valence-corrected chi connectivity index (χ2v) is 6.93. The minimum absolute atomic E-state index is 1.09. The van der Waals surface area contributed by atoms with Crippen LogP contribution in [0, 0.1) is 0 Å². The summed E-state index contributed by atoms with van der Waals surface area (Å²) < 4.78 is 1.29. The first-order valence-corrected chi connectivity index (χ1v) is 9.11. The summed E-state index contributed by atoms with van der Waals surface area (Å²) >= 11 is 1.72. The summed E-state index contributed by atoms with van der Waals surface area (Å²) in [6.45, 7) is 5.59. The van der Waals surface area contributed by atoms with Crippen molar-refractivity contribution in [1.82, 2.24) is 9.88 Å². The fourth-order valence-electron chi connectivity index (χ4n) is 3.27. The van der Waals surface area contributed by atoms with E-state index in [1.807, 2.05) is 5.51 Å². The molecule has 3 aromatic rings. The number of para-hydroxylation sites is 1. The van der Waals surface area contributed by atoms with Crippen LogP contribution in [0.15, 0.2) is 54.0 Å². The van der Waals surface area contributed by atoms with E-state index in [-0.39, 0.29) is 0 Å². The third kappa shape index (κ3) is 3.23. The molecular weight excluding hydrogens is 302 g/mol. The molecule has 0 unspecified atom stereocenters. The Balaban J connectivity index is 1.37. The van der Waals surface area contributed by atoms with E-state index >= 15 is 0 Å². The molecule has 1 saturated heterocycles. The van der Waals surface area contributed by atoms with Crippen molar-refractivity contribution >= 4 is 27.2 Å². The quantitative estimate of drug-likeness (QED) is 0.730. The second kappa shape index (κ2) is 6.69. The number of thiazole rings is 1. The predicted octanol–water partition coefficient (Wildman–Crippen LogP) is 3.66. The van der Waals surface area contributed by atoms with Gasteiger partial charge in [0.1, 0.15) is 5.52 Å². The lowest BCUT2D eigenvalue weighted by Gasteiger charge is -2.36. The van der Waals surface area contributed by atoms with Crippen LogP contribution in [0.2, 0.25) is 0 Å². The molecule has 4 rings (SSSR count). The summed E-state index contributed by atoms with van der Waals surface area (Å²) in [7, 11) is 0. The molecular formula is C19H21N3S. The van der Waals surface area contributed by atoms with Gasteiger partial charge in [0.2, 0.25) is 0 Å². The number of rotatable bonds is 4. The van der Waals surface area contributed by atoms with E-state index in [9.17, 15) is 0 Å². The van der Waals surface area contributed by atoms with Crippen molar-refractivity contribution in [3.05, 3.63) is 59.6 Å². The molecule has 3 nitrogen and oxygen atoms in total. The smallest absolute Gasteiger partial charge is 0.104 e. The molecule has 23 heavy (non-hydrogen) atoms. The molecule has 0 bridgehead atoms. The minimum atomic E-state index is 1.09. The van der Waals surface area contributed by atoms with Gasteiger partial charge in [0.05, 0.1) is 15.9 Å². The summed E-state index contributed by atoms with van der Waals surface area (Å²) in [5.41, 5.74) is 5.84. The summed E-state index contributed by atoms with van der Waals surface area (Å²) in [6, 6.07) is 17.3. The SMILES string of the molecule is c1ccc(CCN2CCN(c3cccc4scnc34)CC2)cc1. The van der Waals surface area contributed by atoms with Gasteiger partial charge in [-0.3, -0.25) is 4.90 Å². The molecule has 1 fully saturated rings. The topological polar surface area (TPSA) is 19.4 Å². The lowest BCUT2D eigenvalue weighted by Crippen LogP contribution is -2.47. The van der Waals surface area contributed by atoms with Crippen LogP contribution in [0.5, 0.6) is 0 Å². The number of hydrogen-bond donors (Lipinski definition) is 0. The molecule has 118 valence electrons. The Morgan fingerprint density at radius 2 is 1.74 bits per heavy atom. The van der Waals surface area contributed by atoms with Crippen LogP contribution in [0.3, 0.4) is 0 Å². The third-order valence-electron chi connectivity index (χ3n) is 4.61. The number of fused-ring (bicyclic) bond motifs is 1.